The Hall–Kier alpha value is -2.48. The molecule has 0 radical (unpaired) electrons. The second-order valence-electron chi connectivity index (χ2n) is 4.04. The number of carboxylic acid groups (broad SMARTS) is 1. The molecule has 21 heavy (non-hydrogen) atoms. The van der Waals surface area contributed by atoms with Gasteiger partial charge < -0.3 is 5.11 Å². The lowest BCUT2D eigenvalue weighted by molar-refractivity contribution is 0.0691. The van der Waals surface area contributed by atoms with Crippen LogP contribution in [0.25, 0.3) is 0 Å². The molecule has 0 spiro atoms. The topological polar surface area (TPSA) is 83.5 Å². The van der Waals surface area contributed by atoms with Gasteiger partial charge in [-0.25, -0.2) is 22.0 Å². The van der Waals surface area contributed by atoms with E-state index < -0.39 is 38.9 Å². The summed E-state index contributed by atoms with van der Waals surface area (Å²) in [5.74, 6) is -4.08. The third kappa shape index (κ3) is 3.16. The predicted octanol–water partition coefficient (Wildman–Crippen LogP) is 2.46. The van der Waals surface area contributed by atoms with Gasteiger partial charge in [-0.1, -0.05) is 18.2 Å². The number of aromatic carboxylic acids is 1. The van der Waals surface area contributed by atoms with Crippen LogP contribution in [0.2, 0.25) is 0 Å². The summed E-state index contributed by atoms with van der Waals surface area (Å²) in [5, 5.41) is 8.65. The number of carbonyl (C=O) groups is 1. The summed E-state index contributed by atoms with van der Waals surface area (Å²) in [6.07, 6.45) is 0. The number of nitrogens with one attached hydrogen (secondary N) is 1. The van der Waals surface area contributed by atoms with Crippen molar-refractivity contribution in [2.75, 3.05) is 4.72 Å². The van der Waals surface area contributed by atoms with E-state index in [1.807, 2.05) is 4.72 Å². The predicted molar refractivity (Wildman–Crippen MR) is 70.6 cm³/mol. The molecule has 2 aromatic carbocycles. The van der Waals surface area contributed by atoms with Crippen LogP contribution in [0.3, 0.4) is 0 Å². The van der Waals surface area contributed by atoms with Gasteiger partial charge in [0.2, 0.25) is 0 Å². The number of hydrogen-bond donors (Lipinski definition) is 2. The van der Waals surface area contributed by atoms with Crippen LogP contribution >= 0.6 is 0 Å². The second-order valence-corrected chi connectivity index (χ2v) is 5.72. The molecule has 0 aliphatic rings. The molecule has 0 saturated heterocycles. The number of benzene rings is 2. The van der Waals surface area contributed by atoms with Crippen molar-refractivity contribution in [1.29, 1.82) is 0 Å². The third-order valence-electron chi connectivity index (χ3n) is 2.58. The monoisotopic (exact) mass is 313 g/mol. The van der Waals surface area contributed by atoms with Gasteiger partial charge in [-0.2, -0.15) is 0 Å². The van der Waals surface area contributed by atoms with Crippen LogP contribution in [0.5, 0.6) is 0 Å². The molecular formula is C13H9F2NO4S. The normalized spacial score (nSPS) is 11.1. The maximum Gasteiger partial charge on any atom is 0.338 e. The third-order valence-corrected chi connectivity index (χ3v) is 3.97. The molecule has 2 rings (SSSR count). The fraction of sp³-hybridized carbons (Fsp3) is 0. The van der Waals surface area contributed by atoms with Gasteiger partial charge in [0.1, 0.15) is 11.6 Å². The van der Waals surface area contributed by atoms with Crippen molar-refractivity contribution in [2.45, 2.75) is 4.90 Å². The molecule has 0 amide bonds. The van der Waals surface area contributed by atoms with Crippen LogP contribution in [0, 0.1) is 11.6 Å². The minimum absolute atomic E-state index is 0.132. The molecule has 2 N–H and O–H groups in total. The molecule has 0 aromatic heterocycles. The Bertz CT molecular complexity index is 791. The average Bonchev–Trinajstić information content (AvgIpc) is 2.43. The van der Waals surface area contributed by atoms with E-state index in [1.54, 1.807) is 6.07 Å². The molecule has 0 aliphatic carbocycles. The van der Waals surface area contributed by atoms with E-state index in [0.29, 0.717) is 12.1 Å². The molecule has 0 bridgehead atoms. The van der Waals surface area contributed by atoms with E-state index in [4.69, 9.17) is 5.11 Å². The highest BCUT2D eigenvalue weighted by atomic mass is 32.2. The summed E-state index contributed by atoms with van der Waals surface area (Å²) in [7, 11) is -4.09. The Morgan fingerprint density at radius 2 is 1.67 bits per heavy atom. The van der Waals surface area contributed by atoms with Crippen LogP contribution in [0.15, 0.2) is 47.4 Å². The molecule has 0 fully saturated rings. The summed E-state index contributed by atoms with van der Waals surface area (Å²) in [6.45, 7) is 0. The highest BCUT2D eigenvalue weighted by molar-refractivity contribution is 7.92. The SMILES string of the molecule is O=C(O)c1cc(F)c(NS(=O)(=O)c2ccccc2)cc1F. The Labute approximate surface area is 118 Å². The Balaban J connectivity index is 2.41. The summed E-state index contributed by atoms with van der Waals surface area (Å²) in [6, 6.07) is 8.00. The number of anilines is 1. The second kappa shape index (κ2) is 5.49. The number of halogens is 2. The van der Waals surface area contributed by atoms with Crippen molar-refractivity contribution in [3.8, 4) is 0 Å². The van der Waals surface area contributed by atoms with Crippen molar-refractivity contribution in [3.05, 3.63) is 59.7 Å². The zero-order chi connectivity index (χ0) is 15.6. The van der Waals surface area contributed by atoms with E-state index >= 15 is 0 Å². The minimum Gasteiger partial charge on any atom is -0.478 e. The smallest absolute Gasteiger partial charge is 0.338 e. The largest absolute Gasteiger partial charge is 0.478 e. The van der Waals surface area contributed by atoms with Crippen LogP contribution in [-0.4, -0.2) is 19.5 Å². The Kier molecular flexibility index (Phi) is 3.90. The molecule has 0 heterocycles. The van der Waals surface area contributed by atoms with Crippen molar-refractivity contribution in [2.24, 2.45) is 0 Å². The maximum absolute atomic E-state index is 13.7. The van der Waals surface area contributed by atoms with Crippen molar-refractivity contribution >= 4 is 21.7 Å². The summed E-state index contributed by atoms with van der Waals surface area (Å²) in [4.78, 5) is 10.5. The number of carboxylic acids is 1. The van der Waals surface area contributed by atoms with E-state index in [0.717, 1.165) is 0 Å². The molecule has 8 heteroatoms. The van der Waals surface area contributed by atoms with Crippen molar-refractivity contribution in [1.82, 2.24) is 0 Å². The molecule has 5 nitrogen and oxygen atoms in total. The quantitative estimate of drug-likeness (QED) is 0.908. The fourth-order valence-corrected chi connectivity index (χ4v) is 2.67. The lowest BCUT2D eigenvalue weighted by Gasteiger charge is -2.10. The molecule has 2 aromatic rings. The molecule has 0 aliphatic heterocycles. The summed E-state index contributed by atoms with van der Waals surface area (Å²) >= 11 is 0. The van der Waals surface area contributed by atoms with Gasteiger partial charge in [0.05, 0.1) is 16.1 Å². The van der Waals surface area contributed by atoms with Crippen LogP contribution in [-0.2, 0) is 10.0 Å². The first-order valence-electron chi connectivity index (χ1n) is 5.61. The Morgan fingerprint density at radius 1 is 1.05 bits per heavy atom. The van der Waals surface area contributed by atoms with Crippen molar-refractivity contribution < 1.29 is 27.1 Å². The van der Waals surface area contributed by atoms with Gasteiger partial charge >= 0.3 is 5.97 Å². The average molecular weight is 313 g/mol. The number of hydrogen-bond acceptors (Lipinski definition) is 3. The van der Waals surface area contributed by atoms with Gasteiger partial charge in [-0.3, -0.25) is 4.72 Å². The van der Waals surface area contributed by atoms with Gasteiger partial charge in [-0.05, 0) is 18.2 Å². The van der Waals surface area contributed by atoms with E-state index in [2.05, 4.69) is 0 Å². The standard InChI is InChI=1S/C13H9F2NO4S/c14-10-7-12(11(15)6-9(10)13(17)18)16-21(19,20)8-4-2-1-3-5-8/h1-7,16H,(H,17,18). The van der Waals surface area contributed by atoms with E-state index in [-0.39, 0.29) is 4.90 Å². The maximum atomic E-state index is 13.7. The first kappa shape index (κ1) is 14.9. The Morgan fingerprint density at radius 3 is 2.24 bits per heavy atom. The summed E-state index contributed by atoms with van der Waals surface area (Å²) < 4.78 is 53.0. The molecule has 0 unspecified atom stereocenters. The fourth-order valence-electron chi connectivity index (χ4n) is 1.59. The van der Waals surface area contributed by atoms with Crippen LogP contribution in [0.1, 0.15) is 10.4 Å². The minimum atomic E-state index is -4.09. The first-order chi connectivity index (χ1) is 9.81. The van der Waals surface area contributed by atoms with E-state index in [1.165, 1.54) is 24.3 Å². The number of sulfonamides is 1. The molecule has 0 saturated carbocycles. The van der Waals surface area contributed by atoms with Gasteiger partial charge in [-0.15, -0.1) is 0 Å². The van der Waals surface area contributed by atoms with E-state index in [9.17, 15) is 22.0 Å². The molecule has 110 valence electrons. The molecular weight excluding hydrogens is 304 g/mol. The lowest BCUT2D eigenvalue weighted by atomic mass is 10.2. The van der Waals surface area contributed by atoms with Crippen molar-refractivity contribution in [3.63, 3.8) is 0 Å². The van der Waals surface area contributed by atoms with Gasteiger partial charge in [0, 0.05) is 6.07 Å². The van der Waals surface area contributed by atoms with Crippen LogP contribution in [0.4, 0.5) is 14.5 Å². The highest BCUT2D eigenvalue weighted by Gasteiger charge is 2.20. The first-order valence-corrected chi connectivity index (χ1v) is 7.10. The van der Waals surface area contributed by atoms with Gasteiger partial charge in [0.25, 0.3) is 10.0 Å². The van der Waals surface area contributed by atoms with Crippen LogP contribution < -0.4 is 4.72 Å². The number of rotatable bonds is 4. The zero-order valence-electron chi connectivity index (χ0n) is 10.4. The van der Waals surface area contributed by atoms with Gasteiger partial charge in [0.15, 0.2) is 0 Å². The zero-order valence-corrected chi connectivity index (χ0v) is 11.2. The lowest BCUT2D eigenvalue weighted by Crippen LogP contribution is -2.15. The molecule has 0 atom stereocenters. The summed E-state index contributed by atoms with van der Waals surface area (Å²) in [5.41, 5.74) is -1.54. The highest BCUT2D eigenvalue weighted by Crippen LogP contribution is 2.22.